The highest BCUT2D eigenvalue weighted by Crippen LogP contribution is 2.32. The quantitative estimate of drug-likeness (QED) is 0.735. The zero-order chi connectivity index (χ0) is 20.9. The summed E-state index contributed by atoms with van der Waals surface area (Å²) in [5.41, 5.74) is 1.15. The van der Waals surface area contributed by atoms with Crippen LogP contribution in [0.4, 0.5) is 0 Å². The number of furan rings is 1. The number of hydrogen-bond acceptors (Lipinski definition) is 4. The molecule has 2 amide bonds. The fourth-order valence-corrected chi connectivity index (χ4v) is 4.85. The number of piperazine rings is 1. The minimum atomic E-state index is -0.0953. The van der Waals surface area contributed by atoms with Crippen LogP contribution in [0.3, 0.4) is 0 Å². The van der Waals surface area contributed by atoms with E-state index in [1.54, 1.807) is 12.1 Å². The molecule has 1 aromatic heterocycles. The molecular formula is C24H31N3O3. The summed E-state index contributed by atoms with van der Waals surface area (Å²) in [7, 11) is 1.91. The average Bonchev–Trinajstić information content (AvgIpc) is 3.49. The first-order valence-electron chi connectivity index (χ1n) is 11.0. The third kappa shape index (κ3) is 4.59. The van der Waals surface area contributed by atoms with E-state index in [1.807, 2.05) is 35.0 Å². The molecule has 1 aliphatic heterocycles. The monoisotopic (exact) mass is 409 g/mol. The fourth-order valence-electron chi connectivity index (χ4n) is 4.85. The minimum absolute atomic E-state index is 0.0652. The van der Waals surface area contributed by atoms with Crippen molar-refractivity contribution in [3.05, 3.63) is 60.1 Å². The molecule has 160 valence electrons. The molecule has 4 rings (SSSR count). The molecule has 2 aromatic rings. The maximum atomic E-state index is 13.5. The number of nitrogens with zero attached hydrogens (tertiary/aromatic N) is 3. The fraction of sp³-hybridized carbons (Fsp3) is 0.500. The van der Waals surface area contributed by atoms with Crippen molar-refractivity contribution in [3.8, 4) is 0 Å². The molecule has 0 N–H and O–H groups in total. The van der Waals surface area contributed by atoms with Crippen LogP contribution in [-0.4, -0.2) is 65.8 Å². The van der Waals surface area contributed by atoms with Gasteiger partial charge in [0.15, 0.2) is 5.76 Å². The van der Waals surface area contributed by atoms with E-state index in [2.05, 4.69) is 17.0 Å². The van der Waals surface area contributed by atoms with Gasteiger partial charge in [-0.25, -0.2) is 0 Å². The SMILES string of the molecule is CN(Cc1ccccc1)C(=O)C(C1CCCC1)N1CCN(C(=O)c2ccco2)CC1. The summed E-state index contributed by atoms with van der Waals surface area (Å²) in [5, 5.41) is 0. The van der Waals surface area contributed by atoms with Crippen LogP contribution in [-0.2, 0) is 11.3 Å². The van der Waals surface area contributed by atoms with E-state index < -0.39 is 0 Å². The van der Waals surface area contributed by atoms with Crippen molar-refractivity contribution in [3.63, 3.8) is 0 Å². The highest BCUT2D eigenvalue weighted by atomic mass is 16.3. The Hall–Kier alpha value is -2.60. The van der Waals surface area contributed by atoms with E-state index in [0.29, 0.717) is 31.3 Å². The molecule has 1 atom stereocenters. The lowest BCUT2D eigenvalue weighted by Gasteiger charge is -2.41. The zero-order valence-corrected chi connectivity index (χ0v) is 17.7. The Morgan fingerprint density at radius 3 is 2.37 bits per heavy atom. The molecule has 0 bridgehead atoms. The Balaban J connectivity index is 1.42. The van der Waals surface area contributed by atoms with Gasteiger partial charge >= 0.3 is 0 Å². The van der Waals surface area contributed by atoms with E-state index in [4.69, 9.17) is 4.42 Å². The summed E-state index contributed by atoms with van der Waals surface area (Å²) in [6, 6.07) is 13.5. The number of likely N-dealkylation sites (N-methyl/N-ethyl adjacent to an activating group) is 1. The minimum Gasteiger partial charge on any atom is -0.459 e. The van der Waals surface area contributed by atoms with Crippen LogP contribution in [0, 0.1) is 5.92 Å². The van der Waals surface area contributed by atoms with Crippen LogP contribution in [0.2, 0.25) is 0 Å². The standard InChI is InChI=1S/C24H31N3O3/c1-25(18-19-8-3-2-4-9-19)24(29)22(20-10-5-6-11-20)26-13-15-27(16-14-26)23(28)21-12-7-17-30-21/h2-4,7-9,12,17,20,22H,5-6,10-11,13-16,18H2,1H3. The first-order valence-corrected chi connectivity index (χ1v) is 11.0. The third-order valence-electron chi connectivity index (χ3n) is 6.46. The van der Waals surface area contributed by atoms with Gasteiger partial charge in [-0.05, 0) is 36.5 Å². The molecule has 6 nitrogen and oxygen atoms in total. The van der Waals surface area contributed by atoms with Gasteiger partial charge in [0, 0.05) is 39.8 Å². The van der Waals surface area contributed by atoms with E-state index in [0.717, 1.165) is 31.5 Å². The van der Waals surface area contributed by atoms with Gasteiger partial charge in [-0.3, -0.25) is 14.5 Å². The molecular weight excluding hydrogens is 378 g/mol. The third-order valence-corrected chi connectivity index (χ3v) is 6.46. The van der Waals surface area contributed by atoms with Gasteiger partial charge in [-0.15, -0.1) is 0 Å². The van der Waals surface area contributed by atoms with Gasteiger partial charge in [0.05, 0.1) is 12.3 Å². The zero-order valence-electron chi connectivity index (χ0n) is 17.7. The molecule has 2 fully saturated rings. The van der Waals surface area contributed by atoms with Crippen molar-refractivity contribution in [1.29, 1.82) is 0 Å². The molecule has 1 saturated carbocycles. The summed E-state index contributed by atoms with van der Waals surface area (Å²) in [6.45, 7) is 3.31. The topological polar surface area (TPSA) is 57.0 Å². The van der Waals surface area contributed by atoms with Crippen molar-refractivity contribution in [2.24, 2.45) is 5.92 Å². The van der Waals surface area contributed by atoms with Crippen LogP contribution in [0.5, 0.6) is 0 Å². The van der Waals surface area contributed by atoms with Crippen LogP contribution in [0.15, 0.2) is 53.1 Å². The molecule has 30 heavy (non-hydrogen) atoms. The van der Waals surface area contributed by atoms with Gasteiger partial charge < -0.3 is 14.2 Å². The molecule has 2 heterocycles. The number of hydrogen-bond donors (Lipinski definition) is 0. The van der Waals surface area contributed by atoms with Crippen molar-refractivity contribution in [2.45, 2.75) is 38.3 Å². The largest absolute Gasteiger partial charge is 0.459 e. The Kier molecular flexibility index (Phi) is 6.53. The van der Waals surface area contributed by atoms with Crippen molar-refractivity contribution in [2.75, 3.05) is 33.2 Å². The van der Waals surface area contributed by atoms with Crippen molar-refractivity contribution < 1.29 is 14.0 Å². The van der Waals surface area contributed by atoms with Gasteiger partial charge in [-0.2, -0.15) is 0 Å². The van der Waals surface area contributed by atoms with Gasteiger partial charge in [-0.1, -0.05) is 43.2 Å². The summed E-state index contributed by atoms with van der Waals surface area (Å²) >= 11 is 0. The second kappa shape index (κ2) is 9.47. The summed E-state index contributed by atoms with van der Waals surface area (Å²) < 4.78 is 5.26. The van der Waals surface area contributed by atoms with Crippen molar-refractivity contribution in [1.82, 2.24) is 14.7 Å². The highest BCUT2D eigenvalue weighted by molar-refractivity contribution is 5.91. The molecule has 6 heteroatoms. The van der Waals surface area contributed by atoms with E-state index in [9.17, 15) is 9.59 Å². The number of carbonyl (C=O) groups is 2. The van der Waals surface area contributed by atoms with Crippen LogP contribution >= 0.6 is 0 Å². The van der Waals surface area contributed by atoms with Crippen LogP contribution in [0.25, 0.3) is 0 Å². The molecule has 1 aliphatic carbocycles. The van der Waals surface area contributed by atoms with Crippen molar-refractivity contribution >= 4 is 11.8 Å². The van der Waals surface area contributed by atoms with Crippen LogP contribution in [0.1, 0.15) is 41.8 Å². The average molecular weight is 410 g/mol. The predicted octanol–water partition coefficient (Wildman–Crippen LogP) is 3.25. The van der Waals surface area contributed by atoms with Gasteiger partial charge in [0.2, 0.25) is 5.91 Å². The second-order valence-corrected chi connectivity index (χ2v) is 8.47. The van der Waals surface area contributed by atoms with Crippen LogP contribution < -0.4 is 0 Å². The summed E-state index contributed by atoms with van der Waals surface area (Å²) in [4.78, 5) is 32.1. The van der Waals surface area contributed by atoms with Gasteiger partial charge in [0.25, 0.3) is 5.91 Å². The number of rotatable bonds is 6. The van der Waals surface area contributed by atoms with E-state index in [1.165, 1.54) is 19.1 Å². The van der Waals surface area contributed by atoms with E-state index in [-0.39, 0.29) is 17.9 Å². The second-order valence-electron chi connectivity index (χ2n) is 8.47. The maximum absolute atomic E-state index is 13.5. The molecule has 2 aliphatic rings. The first-order chi connectivity index (χ1) is 14.6. The maximum Gasteiger partial charge on any atom is 0.289 e. The lowest BCUT2D eigenvalue weighted by Crippen LogP contribution is -2.58. The number of benzene rings is 1. The number of carbonyl (C=O) groups excluding carboxylic acids is 2. The summed E-state index contributed by atoms with van der Waals surface area (Å²) in [6.07, 6.45) is 6.16. The molecule has 1 unspecified atom stereocenters. The Bertz CT molecular complexity index is 823. The number of amides is 2. The Morgan fingerprint density at radius 2 is 1.73 bits per heavy atom. The first kappa shape index (κ1) is 20.7. The normalized spacial score (nSPS) is 19.0. The lowest BCUT2D eigenvalue weighted by atomic mass is 9.94. The molecule has 1 aromatic carbocycles. The Labute approximate surface area is 178 Å². The van der Waals surface area contributed by atoms with E-state index >= 15 is 0 Å². The lowest BCUT2D eigenvalue weighted by molar-refractivity contribution is -0.139. The van der Waals surface area contributed by atoms with Gasteiger partial charge in [0.1, 0.15) is 0 Å². The molecule has 0 radical (unpaired) electrons. The summed E-state index contributed by atoms with van der Waals surface area (Å²) in [5.74, 6) is 0.929. The highest BCUT2D eigenvalue weighted by Gasteiger charge is 2.38. The molecule has 1 saturated heterocycles. The Morgan fingerprint density at radius 1 is 1.03 bits per heavy atom. The smallest absolute Gasteiger partial charge is 0.289 e. The predicted molar refractivity (Wildman–Crippen MR) is 115 cm³/mol. The molecule has 0 spiro atoms.